The first-order chi connectivity index (χ1) is 5.77. The molecule has 0 fully saturated rings. The molecule has 1 aromatic carbocycles. The van der Waals surface area contributed by atoms with E-state index in [1.54, 1.807) is 23.7 Å². The van der Waals surface area contributed by atoms with E-state index in [9.17, 15) is 4.21 Å². The summed E-state index contributed by atoms with van der Waals surface area (Å²) < 4.78 is 20.4. The van der Waals surface area contributed by atoms with Crippen LogP contribution in [0.25, 0.3) is 10.2 Å². The van der Waals surface area contributed by atoms with Crippen LogP contribution in [0.4, 0.5) is 0 Å². The van der Waals surface area contributed by atoms with Crippen LogP contribution in [0.5, 0.6) is 0 Å². The maximum atomic E-state index is 10.7. The van der Waals surface area contributed by atoms with Crippen LogP contribution >= 0.6 is 11.3 Å². The van der Waals surface area contributed by atoms with Gasteiger partial charge in [0.05, 0.1) is 20.6 Å². The molecule has 1 N–H and O–H groups in total. The normalized spacial score (nSPS) is 12.4. The third-order valence-electron chi connectivity index (χ3n) is 1.50. The van der Waals surface area contributed by atoms with Crippen LogP contribution in [-0.2, 0) is 11.1 Å². The van der Waals surface area contributed by atoms with Crippen LogP contribution in [0.15, 0.2) is 28.6 Å². The van der Waals surface area contributed by atoms with Crippen molar-refractivity contribution in [1.82, 2.24) is 4.98 Å². The summed E-state index contributed by atoms with van der Waals surface area (Å²) in [5.74, 6) is 0. The van der Waals surface area contributed by atoms with Gasteiger partial charge in [-0.3, -0.25) is 0 Å². The molecule has 3 nitrogen and oxygen atoms in total. The van der Waals surface area contributed by atoms with Gasteiger partial charge in [-0.25, -0.2) is 9.19 Å². The second kappa shape index (κ2) is 4.63. The van der Waals surface area contributed by atoms with Crippen LogP contribution in [0.1, 0.15) is 0 Å². The summed E-state index contributed by atoms with van der Waals surface area (Å²) in [6.07, 6.45) is 0. The van der Waals surface area contributed by atoms with E-state index in [-0.39, 0.29) is 29.6 Å². The van der Waals surface area contributed by atoms with Gasteiger partial charge >= 0.3 is 29.6 Å². The first kappa shape index (κ1) is 11.3. The van der Waals surface area contributed by atoms with E-state index in [1.165, 1.54) is 11.3 Å². The predicted octanol–water partition coefficient (Wildman–Crippen LogP) is 1.23. The zero-order valence-electron chi connectivity index (χ0n) is 5.93. The van der Waals surface area contributed by atoms with Gasteiger partial charge in [0.25, 0.3) is 0 Å². The van der Waals surface area contributed by atoms with Crippen molar-refractivity contribution in [1.29, 1.82) is 0 Å². The molecule has 0 aliphatic heterocycles. The third kappa shape index (κ3) is 2.37. The van der Waals surface area contributed by atoms with E-state index in [2.05, 4.69) is 4.98 Å². The van der Waals surface area contributed by atoms with Crippen molar-refractivity contribution in [3.63, 3.8) is 0 Å². The van der Waals surface area contributed by atoms with E-state index in [0.29, 0.717) is 4.90 Å². The Bertz CT molecular complexity index is 443. The van der Waals surface area contributed by atoms with Gasteiger partial charge in [-0.15, -0.1) is 11.3 Å². The molecule has 64 valence electrons. The molecule has 1 aromatic heterocycles. The van der Waals surface area contributed by atoms with Crippen molar-refractivity contribution in [2.75, 3.05) is 0 Å². The fourth-order valence-corrected chi connectivity index (χ4v) is 2.14. The van der Waals surface area contributed by atoms with Gasteiger partial charge in [0.2, 0.25) is 0 Å². The van der Waals surface area contributed by atoms with Crippen molar-refractivity contribution in [2.24, 2.45) is 0 Å². The fraction of sp³-hybridized carbons (Fsp3) is 0. The van der Waals surface area contributed by atoms with E-state index >= 15 is 0 Å². The van der Waals surface area contributed by atoms with Gasteiger partial charge in [0, 0.05) is 0 Å². The Balaban J connectivity index is 0.000000845. The summed E-state index contributed by atoms with van der Waals surface area (Å²) in [4.78, 5) is 4.48. The molecule has 0 spiro atoms. The summed E-state index contributed by atoms with van der Waals surface area (Å²) in [5, 5.41) is 0. The average molecular weight is 223 g/mol. The number of hydrogen-bond acceptors (Lipinski definition) is 3. The minimum atomic E-state index is -1.89. The number of rotatable bonds is 1. The fourth-order valence-electron chi connectivity index (χ4n) is 0.944. The van der Waals surface area contributed by atoms with Crippen molar-refractivity contribution in [3.05, 3.63) is 23.7 Å². The molecule has 2 rings (SSSR count). The molecule has 1 heterocycles. The van der Waals surface area contributed by atoms with Gasteiger partial charge in [-0.05, 0) is 18.2 Å². The Hall–Kier alpha value is 0.220. The summed E-state index contributed by atoms with van der Waals surface area (Å²) in [5.41, 5.74) is 2.59. The first-order valence-electron chi connectivity index (χ1n) is 3.21. The quantitative estimate of drug-likeness (QED) is 0.584. The van der Waals surface area contributed by atoms with Crippen molar-refractivity contribution in [3.8, 4) is 0 Å². The molecule has 0 aliphatic carbocycles. The SMILES string of the molecule is O=S(O)c1ccc2ncsc2c1.[NaH]. The molecule has 1 unspecified atom stereocenters. The Morgan fingerprint density at radius 1 is 1.46 bits per heavy atom. The molecule has 6 heteroatoms. The van der Waals surface area contributed by atoms with Crippen LogP contribution in [0, 0.1) is 0 Å². The van der Waals surface area contributed by atoms with Crippen LogP contribution in [0.2, 0.25) is 0 Å². The molecule has 2 aromatic rings. The number of benzene rings is 1. The number of aromatic nitrogens is 1. The third-order valence-corrected chi connectivity index (χ3v) is 2.95. The summed E-state index contributed by atoms with van der Waals surface area (Å²) >= 11 is -0.428. The van der Waals surface area contributed by atoms with Crippen molar-refractivity contribution >= 4 is 62.2 Å². The number of thiazole rings is 1. The van der Waals surface area contributed by atoms with E-state index < -0.39 is 11.1 Å². The first-order valence-corrected chi connectivity index (χ1v) is 5.20. The molecule has 0 saturated carbocycles. The van der Waals surface area contributed by atoms with Gasteiger partial charge in [0.15, 0.2) is 11.1 Å². The Morgan fingerprint density at radius 2 is 2.23 bits per heavy atom. The van der Waals surface area contributed by atoms with Gasteiger partial charge in [0.1, 0.15) is 0 Å². The second-order valence-corrected chi connectivity index (χ2v) is 4.09. The summed E-state index contributed by atoms with van der Waals surface area (Å²) in [6, 6.07) is 5.04. The Labute approximate surface area is 104 Å². The summed E-state index contributed by atoms with van der Waals surface area (Å²) in [6.45, 7) is 0. The van der Waals surface area contributed by atoms with Crippen molar-refractivity contribution < 1.29 is 8.76 Å². The zero-order chi connectivity index (χ0) is 8.55. The average Bonchev–Trinajstić information content (AvgIpc) is 2.49. The predicted molar refractivity (Wildman–Crippen MR) is 55.8 cm³/mol. The molecular formula is C7H6NNaO2S2. The van der Waals surface area contributed by atoms with Gasteiger partial charge < -0.3 is 4.55 Å². The second-order valence-electron chi connectivity index (χ2n) is 2.23. The van der Waals surface area contributed by atoms with E-state index in [1.807, 2.05) is 0 Å². The molecule has 13 heavy (non-hydrogen) atoms. The van der Waals surface area contributed by atoms with Crippen LogP contribution in [0.3, 0.4) is 0 Å². The van der Waals surface area contributed by atoms with Gasteiger partial charge in [-0.2, -0.15) is 0 Å². The Kier molecular flexibility index (Phi) is 4.03. The molecule has 1 atom stereocenters. The van der Waals surface area contributed by atoms with Crippen molar-refractivity contribution in [2.45, 2.75) is 4.90 Å². The standard InChI is InChI=1S/C7H5NO2S2.Na.H/c9-12(10)5-1-2-6-7(3-5)11-4-8-6;;/h1-4H,(H,9,10);;. The zero-order valence-corrected chi connectivity index (χ0v) is 7.56. The Morgan fingerprint density at radius 3 is 2.92 bits per heavy atom. The van der Waals surface area contributed by atoms with Gasteiger partial charge in [-0.1, -0.05) is 0 Å². The van der Waals surface area contributed by atoms with Crippen LogP contribution < -0.4 is 0 Å². The number of fused-ring (bicyclic) bond motifs is 1. The maximum absolute atomic E-state index is 10.7. The van der Waals surface area contributed by atoms with E-state index in [4.69, 9.17) is 4.55 Å². The molecule has 0 amide bonds. The molecule has 0 saturated heterocycles. The van der Waals surface area contributed by atoms with E-state index in [0.717, 1.165) is 10.2 Å². The molecule has 0 aliphatic rings. The topological polar surface area (TPSA) is 50.2 Å². The molecular weight excluding hydrogens is 217 g/mol. The molecule has 0 bridgehead atoms. The number of hydrogen-bond donors (Lipinski definition) is 1. The summed E-state index contributed by atoms with van der Waals surface area (Å²) in [7, 11) is 0. The molecule has 0 radical (unpaired) electrons. The van der Waals surface area contributed by atoms with Crippen LogP contribution in [-0.4, -0.2) is 43.3 Å². The monoisotopic (exact) mass is 223 g/mol. The minimum absolute atomic E-state index is 0. The number of nitrogens with zero attached hydrogens (tertiary/aromatic N) is 1.